The van der Waals surface area contributed by atoms with Crippen molar-refractivity contribution in [2.45, 2.75) is 33.2 Å². The van der Waals surface area contributed by atoms with Gasteiger partial charge in [0.05, 0.1) is 29.7 Å². The maximum Gasteiger partial charge on any atom is 0.258 e. The van der Waals surface area contributed by atoms with Crippen LogP contribution in [0.5, 0.6) is 0 Å². The van der Waals surface area contributed by atoms with E-state index < -0.39 is 0 Å². The number of likely N-dealkylation sites (tertiary alicyclic amines) is 1. The van der Waals surface area contributed by atoms with Crippen molar-refractivity contribution < 1.29 is 9.32 Å². The van der Waals surface area contributed by atoms with Crippen LogP contribution in [0.1, 0.15) is 45.3 Å². The molecule has 1 amide bonds. The van der Waals surface area contributed by atoms with Gasteiger partial charge in [-0.2, -0.15) is 20.0 Å². The van der Waals surface area contributed by atoms with Crippen LogP contribution in [0.25, 0.3) is 17.1 Å². The first-order valence-electron chi connectivity index (χ1n) is 10.3. The normalized spacial score (nSPS) is 15.6. The molecule has 32 heavy (non-hydrogen) atoms. The van der Waals surface area contributed by atoms with Gasteiger partial charge in [0.15, 0.2) is 5.82 Å². The first-order valence-corrected chi connectivity index (χ1v) is 10.7. The molecule has 0 N–H and O–H groups in total. The van der Waals surface area contributed by atoms with Crippen LogP contribution in [-0.2, 0) is 0 Å². The molecular weight excluding hydrogens is 428 g/mol. The largest absolute Gasteiger partial charge is 0.334 e. The van der Waals surface area contributed by atoms with Gasteiger partial charge in [0.1, 0.15) is 0 Å². The highest BCUT2D eigenvalue weighted by Crippen LogP contribution is 2.36. The highest BCUT2D eigenvalue weighted by Gasteiger charge is 2.38. The number of benzene rings is 2. The summed E-state index contributed by atoms with van der Waals surface area (Å²) in [6.45, 7) is 6.51. The summed E-state index contributed by atoms with van der Waals surface area (Å²) in [4.78, 5) is 21.3. The van der Waals surface area contributed by atoms with Crippen LogP contribution < -0.4 is 0 Å². The molecule has 0 spiro atoms. The van der Waals surface area contributed by atoms with Gasteiger partial charge in [-0.05, 0) is 68.1 Å². The Kier molecular flexibility index (Phi) is 5.01. The minimum Gasteiger partial charge on any atom is -0.334 e. The molecule has 0 aliphatic carbocycles. The number of rotatable bonds is 4. The molecule has 2 aromatic carbocycles. The number of nitrogens with zero attached hydrogens (tertiary/aromatic N) is 6. The molecule has 0 bridgehead atoms. The zero-order valence-electron chi connectivity index (χ0n) is 17.9. The Morgan fingerprint density at radius 1 is 1.12 bits per heavy atom. The van der Waals surface area contributed by atoms with Gasteiger partial charge in [0.2, 0.25) is 0 Å². The van der Waals surface area contributed by atoms with Crippen molar-refractivity contribution in [1.82, 2.24) is 30.0 Å². The Labute approximate surface area is 189 Å². The third-order valence-electron chi connectivity index (χ3n) is 6.00. The fourth-order valence-corrected chi connectivity index (χ4v) is 4.02. The van der Waals surface area contributed by atoms with Crippen LogP contribution in [0.2, 0.25) is 5.02 Å². The Balaban J connectivity index is 1.46. The van der Waals surface area contributed by atoms with Gasteiger partial charge in [0.25, 0.3) is 11.8 Å². The summed E-state index contributed by atoms with van der Waals surface area (Å²) in [6.07, 6.45) is 3.95. The highest BCUT2D eigenvalue weighted by molar-refractivity contribution is 6.31. The third-order valence-corrected chi connectivity index (χ3v) is 6.40. The minimum atomic E-state index is -0.250. The van der Waals surface area contributed by atoms with Gasteiger partial charge in [-0.25, -0.2) is 0 Å². The van der Waals surface area contributed by atoms with Crippen molar-refractivity contribution in [2.75, 3.05) is 6.54 Å². The van der Waals surface area contributed by atoms with Crippen molar-refractivity contribution in [3.05, 3.63) is 75.8 Å². The van der Waals surface area contributed by atoms with E-state index in [9.17, 15) is 4.79 Å². The van der Waals surface area contributed by atoms with Gasteiger partial charge >= 0.3 is 0 Å². The van der Waals surface area contributed by atoms with E-state index in [-0.39, 0.29) is 11.9 Å². The van der Waals surface area contributed by atoms with Gasteiger partial charge in [0, 0.05) is 17.1 Å². The maximum absolute atomic E-state index is 13.5. The van der Waals surface area contributed by atoms with Gasteiger partial charge in [-0.1, -0.05) is 22.8 Å². The van der Waals surface area contributed by atoms with E-state index in [2.05, 4.69) is 20.3 Å². The molecule has 8 nitrogen and oxygen atoms in total. The van der Waals surface area contributed by atoms with Crippen LogP contribution in [0.3, 0.4) is 0 Å². The van der Waals surface area contributed by atoms with Crippen LogP contribution in [-0.4, -0.2) is 42.5 Å². The first kappa shape index (κ1) is 20.4. The van der Waals surface area contributed by atoms with Crippen molar-refractivity contribution in [3.63, 3.8) is 0 Å². The SMILES string of the molecule is Cc1cc(C(=O)N2CCC2c2noc(-c3cccc(Cl)c3C)n2)c(-n2nccn2)cc1C. The fraction of sp³-hybridized carbons (Fsp3) is 0.261. The molecule has 1 saturated heterocycles. The summed E-state index contributed by atoms with van der Waals surface area (Å²) in [7, 11) is 0. The van der Waals surface area contributed by atoms with E-state index in [1.54, 1.807) is 17.3 Å². The van der Waals surface area contributed by atoms with Crippen LogP contribution in [0, 0.1) is 20.8 Å². The highest BCUT2D eigenvalue weighted by atomic mass is 35.5. The monoisotopic (exact) mass is 448 g/mol. The molecule has 1 fully saturated rings. The number of carbonyl (C=O) groups is 1. The lowest BCUT2D eigenvalue weighted by molar-refractivity contribution is 0.0435. The Morgan fingerprint density at radius 3 is 2.59 bits per heavy atom. The Morgan fingerprint density at radius 2 is 1.88 bits per heavy atom. The van der Waals surface area contributed by atoms with E-state index in [0.717, 1.165) is 28.7 Å². The molecule has 9 heteroatoms. The number of carbonyl (C=O) groups excluding carboxylic acids is 1. The van der Waals surface area contributed by atoms with Gasteiger partial charge in [-0.3, -0.25) is 4.79 Å². The van der Waals surface area contributed by atoms with E-state index in [1.165, 1.54) is 4.80 Å². The van der Waals surface area contributed by atoms with Crippen LogP contribution in [0.15, 0.2) is 47.2 Å². The topological polar surface area (TPSA) is 89.9 Å². The number of halogens is 1. The predicted octanol–water partition coefficient (Wildman–Crippen LogP) is 4.48. The van der Waals surface area contributed by atoms with Crippen molar-refractivity contribution in [3.8, 4) is 17.1 Å². The van der Waals surface area contributed by atoms with E-state index >= 15 is 0 Å². The van der Waals surface area contributed by atoms with Crippen LogP contribution in [0.4, 0.5) is 0 Å². The molecule has 2 aromatic heterocycles. The average Bonchev–Trinajstić information content (AvgIpc) is 3.43. The summed E-state index contributed by atoms with van der Waals surface area (Å²) in [5.74, 6) is 0.774. The van der Waals surface area contributed by atoms with Crippen molar-refractivity contribution >= 4 is 17.5 Å². The summed E-state index contributed by atoms with van der Waals surface area (Å²) >= 11 is 6.23. The summed E-state index contributed by atoms with van der Waals surface area (Å²) < 4.78 is 5.51. The quantitative estimate of drug-likeness (QED) is 0.457. The second-order valence-electron chi connectivity index (χ2n) is 7.95. The number of hydrogen-bond acceptors (Lipinski definition) is 6. The average molecular weight is 449 g/mol. The van der Waals surface area contributed by atoms with E-state index in [1.807, 2.05) is 51.1 Å². The zero-order valence-corrected chi connectivity index (χ0v) is 18.7. The molecule has 0 radical (unpaired) electrons. The first-order chi connectivity index (χ1) is 15.4. The number of amides is 1. The molecule has 0 saturated carbocycles. The molecule has 4 aromatic rings. The zero-order chi connectivity index (χ0) is 22.4. The van der Waals surface area contributed by atoms with Gasteiger partial charge < -0.3 is 9.42 Å². The second kappa shape index (κ2) is 7.87. The van der Waals surface area contributed by atoms with Gasteiger partial charge in [-0.15, -0.1) is 0 Å². The van der Waals surface area contributed by atoms with E-state index in [4.69, 9.17) is 16.1 Å². The van der Waals surface area contributed by atoms with E-state index in [0.29, 0.717) is 34.5 Å². The summed E-state index contributed by atoms with van der Waals surface area (Å²) in [5.41, 5.74) is 4.95. The third kappa shape index (κ3) is 3.36. The molecular formula is C23H21ClN6O2. The fourth-order valence-electron chi connectivity index (χ4n) is 3.85. The van der Waals surface area contributed by atoms with Crippen molar-refractivity contribution in [1.29, 1.82) is 0 Å². The molecule has 1 atom stereocenters. The molecule has 5 rings (SSSR count). The Hall–Kier alpha value is -3.52. The predicted molar refractivity (Wildman–Crippen MR) is 119 cm³/mol. The lowest BCUT2D eigenvalue weighted by Crippen LogP contribution is -2.46. The lowest BCUT2D eigenvalue weighted by Gasteiger charge is -2.39. The molecule has 1 aliphatic rings. The summed E-state index contributed by atoms with van der Waals surface area (Å²) in [6, 6.07) is 9.13. The van der Waals surface area contributed by atoms with Crippen molar-refractivity contribution in [2.24, 2.45) is 0 Å². The number of aromatic nitrogens is 5. The standard InChI is InChI=1S/C23H21ClN6O2/c1-13-11-17(20(12-14(13)2)30-25-8-9-26-30)23(31)29-10-7-19(29)21-27-22(32-28-21)16-5-4-6-18(24)15(16)3/h4-6,8-9,11-12,19H,7,10H2,1-3H3. The molecule has 3 heterocycles. The molecule has 1 unspecified atom stereocenters. The lowest BCUT2D eigenvalue weighted by atomic mass is 9.97. The smallest absolute Gasteiger partial charge is 0.258 e. The maximum atomic E-state index is 13.5. The number of hydrogen-bond donors (Lipinski definition) is 0. The van der Waals surface area contributed by atoms with Crippen LogP contribution >= 0.6 is 11.6 Å². The Bertz CT molecular complexity index is 1310. The summed E-state index contributed by atoms with van der Waals surface area (Å²) in [5, 5.41) is 13.2. The second-order valence-corrected chi connectivity index (χ2v) is 8.35. The molecule has 162 valence electrons. The number of aryl methyl sites for hydroxylation is 2. The molecule has 1 aliphatic heterocycles. The minimum absolute atomic E-state index is 0.109.